The van der Waals surface area contributed by atoms with Crippen LogP contribution in [0.25, 0.3) is 0 Å². The molecule has 7 heteroatoms. The summed E-state index contributed by atoms with van der Waals surface area (Å²) in [7, 11) is 3.45. The second-order valence-electron chi connectivity index (χ2n) is 5.01. The SMILES string of the molecule is CN=C(NCCCCSC)NCCCOc1cccc(OC)c1.I. The maximum atomic E-state index is 5.71. The van der Waals surface area contributed by atoms with Gasteiger partial charge in [0.1, 0.15) is 11.5 Å². The van der Waals surface area contributed by atoms with Crippen molar-refractivity contribution in [2.24, 2.45) is 4.99 Å². The second-order valence-corrected chi connectivity index (χ2v) is 5.99. The van der Waals surface area contributed by atoms with Crippen molar-refractivity contribution in [2.75, 3.05) is 45.9 Å². The van der Waals surface area contributed by atoms with Crippen LogP contribution >= 0.6 is 35.7 Å². The lowest BCUT2D eigenvalue weighted by molar-refractivity contribution is 0.308. The Morgan fingerprint density at radius 1 is 1.12 bits per heavy atom. The molecule has 5 nitrogen and oxygen atoms in total. The maximum absolute atomic E-state index is 5.71. The fourth-order valence-electron chi connectivity index (χ4n) is 1.96. The Balaban J connectivity index is 0.00000529. The molecule has 0 aromatic heterocycles. The zero-order chi connectivity index (χ0) is 16.8. The molecule has 1 rings (SSSR count). The van der Waals surface area contributed by atoms with Gasteiger partial charge in [0.05, 0.1) is 13.7 Å². The molecule has 138 valence electrons. The van der Waals surface area contributed by atoms with Crippen LogP contribution in [0.2, 0.25) is 0 Å². The van der Waals surface area contributed by atoms with Crippen molar-refractivity contribution in [3.05, 3.63) is 24.3 Å². The molecule has 1 aromatic carbocycles. The number of benzene rings is 1. The van der Waals surface area contributed by atoms with Crippen LogP contribution < -0.4 is 20.1 Å². The van der Waals surface area contributed by atoms with Gasteiger partial charge in [-0.1, -0.05) is 6.07 Å². The number of nitrogens with one attached hydrogen (secondary N) is 2. The van der Waals surface area contributed by atoms with Gasteiger partial charge in [-0.3, -0.25) is 4.99 Å². The van der Waals surface area contributed by atoms with E-state index >= 15 is 0 Å². The van der Waals surface area contributed by atoms with Crippen molar-refractivity contribution < 1.29 is 9.47 Å². The molecule has 0 aliphatic heterocycles. The number of guanidine groups is 1. The number of thioether (sulfide) groups is 1. The van der Waals surface area contributed by atoms with Crippen molar-refractivity contribution in [3.8, 4) is 11.5 Å². The highest BCUT2D eigenvalue weighted by molar-refractivity contribution is 14.0. The minimum absolute atomic E-state index is 0. The molecular formula is C17H30IN3O2S. The van der Waals surface area contributed by atoms with Crippen LogP contribution in [0, 0.1) is 0 Å². The van der Waals surface area contributed by atoms with E-state index in [4.69, 9.17) is 9.47 Å². The smallest absolute Gasteiger partial charge is 0.190 e. The lowest BCUT2D eigenvalue weighted by Crippen LogP contribution is -2.38. The molecule has 1 aromatic rings. The van der Waals surface area contributed by atoms with Gasteiger partial charge >= 0.3 is 0 Å². The van der Waals surface area contributed by atoms with Gasteiger partial charge in [-0.15, -0.1) is 24.0 Å². The minimum Gasteiger partial charge on any atom is -0.497 e. The summed E-state index contributed by atoms with van der Waals surface area (Å²) in [6.45, 7) is 2.44. The number of unbranched alkanes of at least 4 members (excludes halogenated alkanes) is 1. The van der Waals surface area contributed by atoms with Crippen LogP contribution in [0.3, 0.4) is 0 Å². The zero-order valence-electron chi connectivity index (χ0n) is 14.8. The molecule has 0 fully saturated rings. The summed E-state index contributed by atoms with van der Waals surface area (Å²) < 4.78 is 10.9. The van der Waals surface area contributed by atoms with Crippen molar-refractivity contribution >= 4 is 41.7 Å². The maximum Gasteiger partial charge on any atom is 0.190 e. The van der Waals surface area contributed by atoms with E-state index in [0.29, 0.717) is 6.61 Å². The number of hydrogen-bond acceptors (Lipinski definition) is 4. The number of hydrogen-bond donors (Lipinski definition) is 2. The van der Waals surface area contributed by atoms with Gasteiger partial charge in [0.15, 0.2) is 5.96 Å². The first kappa shape index (κ1) is 23.2. The molecule has 0 atom stereocenters. The molecule has 0 aliphatic carbocycles. The highest BCUT2D eigenvalue weighted by Gasteiger charge is 1.99. The van der Waals surface area contributed by atoms with E-state index in [1.807, 2.05) is 36.0 Å². The van der Waals surface area contributed by atoms with E-state index in [-0.39, 0.29) is 24.0 Å². The predicted molar refractivity (Wildman–Crippen MR) is 116 cm³/mol. The fourth-order valence-corrected chi connectivity index (χ4v) is 2.45. The van der Waals surface area contributed by atoms with E-state index in [1.54, 1.807) is 14.2 Å². The summed E-state index contributed by atoms with van der Waals surface area (Å²) in [5.41, 5.74) is 0. The number of rotatable bonds is 11. The highest BCUT2D eigenvalue weighted by Crippen LogP contribution is 2.18. The summed E-state index contributed by atoms with van der Waals surface area (Å²) in [6, 6.07) is 7.66. The molecule has 2 N–H and O–H groups in total. The third-order valence-corrected chi connectivity index (χ3v) is 3.91. The van der Waals surface area contributed by atoms with Gasteiger partial charge in [0.25, 0.3) is 0 Å². The van der Waals surface area contributed by atoms with Gasteiger partial charge in [-0.2, -0.15) is 11.8 Å². The summed E-state index contributed by atoms with van der Waals surface area (Å²) in [5.74, 6) is 3.72. The third kappa shape index (κ3) is 10.9. The molecule has 0 saturated heterocycles. The van der Waals surface area contributed by atoms with Crippen LogP contribution in [0.1, 0.15) is 19.3 Å². The summed E-state index contributed by atoms with van der Waals surface area (Å²) in [6.07, 6.45) is 5.45. The lowest BCUT2D eigenvalue weighted by Gasteiger charge is -2.12. The molecule has 0 saturated carbocycles. The molecule has 0 bridgehead atoms. The van der Waals surface area contributed by atoms with Crippen LogP contribution in [0.15, 0.2) is 29.3 Å². The normalized spacial score (nSPS) is 10.7. The van der Waals surface area contributed by atoms with Gasteiger partial charge < -0.3 is 20.1 Å². The summed E-state index contributed by atoms with van der Waals surface area (Å²) in [5, 5.41) is 6.62. The van der Waals surface area contributed by atoms with E-state index in [0.717, 1.165) is 37.0 Å². The Kier molecular flexibility index (Phi) is 15.1. The highest BCUT2D eigenvalue weighted by atomic mass is 127. The fraction of sp³-hybridized carbons (Fsp3) is 0.588. The number of ether oxygens (including phenoxy) is 2. The third-order valence-electron chi connectivity index (χ3n) is 3.21. The number of nitrogens with zero attached hydrogens (tertiary/aromatic N) is 1. The molecule has 24 heavy (non-hydrogen) atoms. The van der Waals surface area contributed by atoms with Crippen LogP contribution in [0.5, 0.6) is 11.5 Å². The number of aliphatic imine (C=N–C) groups is 1. The van der Waals surface area contributed by atoms with E-state index in [9.17, 15) is 0 Å². The average molecular weight is 467 g/mol. The second kappa shape index (κ2) is 15.7. The largest absolute Gasteiger partial charge is 0.497 e. The molecule has 0 heterocycles. The Morgan fingerprint density at radius 3 is 2.50 bits per heavy atom. The number of methoxy groups -OCH3 is 1. The first-order valence-corrected chi connectivity index (χ1v) is 9.40. The monoisotopic (exact) mass is 467 g/mol. The Labute approximate surface area is 167 Å². The average Bonchev–Trinajstić information content (AvgIpc) is 2.59. The predicted octanol–water partition coefficient (Wildman–Crippen LogP) is 3.39. The van der Waals surface area contributed by atoms with Crippen molar-refractivity contribution in [1.29, 1.82) is 0 Å². The number of halogens is 1. The molecule has 0 radical (unpaired) electrons. The molecule has 0 unspecified atom stereocenters. The van der Waals surface area contributed by atoms with Gasteiger partial charge in [0.2, 0.25) is 0 Å². The van der Waals surface area contributed by atoms with E-state index < -0.39 is 0 Å². The Morgan fingerprint density at radius 2 is 1.83 bits per heavy atom. The summed E-state index contributed by atoms with van der Waals surface area (Å²) >= 11 is 1.89. The van der Waals surface area contributed by atoms with Gasteiger partial charge in [0, 0.05) is 26.2 Å². The minimum atomic E-state index is 0. The quantitative estimate of drug-likeness (QED) is 0.226. The van der Waals surface area contributed by atoms with Crippen molar-refractivity contribution in [2.45, 2.75) is 19.3 Å². The molecule has 0 aliphatic rings. The van der Waals surface area contributed by atoms with E-state index in [2.05, 4.69) is 21.9 Å². The van der Waals surface area contributed by atoms with Crippen LogP contribution in [0.4, 0.5) is 0 Å². The first-order valence-electron chi connectivity index (χ1n) is 8.00. The lowest BCUT2D eigenvalue weighted by atomic mass is 10.3. The van der Waals surface area contributed by atoms with Crippen molar-refractivity contribution in [3.63, 3.8) is 0 Å². The molecule has 0 spiro atoms. The zero-order valence-corrected chi connectivity index (χ0v) is 18.0. The van der Waals surface area contributed by atoms with Gasteiger partial charge in [-0.05, 0) is 43.4 Å². The standard InChI is InChI=1S/C17H29N3O2S.HI/c1-18-17(19-10-4-5-13-23-3)20-11-7-12-22-16-9-6-8-15(14-16)21-2;/h6,8-9,14H,4-5,7,10-13H2,1-3H3,(H2,18,19,20);1H. The topological polar surface area (TPSA) is 54.9 Å². The Hall–Kier alpha value is -0.830. The van der Waals surface area contributed by atoms with Crippen LogP contribution in [-0.4, -0.2) is 51.8 Å². The van der Waals surface area contributed by atoms with Crippen molar-refractivity contribution in [1.82, 2.24) is 10.6 Å². The summed E-state index contributed by atoms with van der Waals surface area (Å²) in [4.78, 5) is 4.22. The van der Waals surface area contributed by atoms with Crippen LogP contribution in [-0.2, 0) is 0 Å². The first-order chi connectivity index (χ1) is 11.3. The molecular weight excluding hydrogens is 437 g/mol. The van der Waals surface area contributed by atoms with E-state index in [1.165, 1.54) is 18.6 Å². The Bertz CT molecular complexity index is 461. The molecule has 0 amide bonds. The van der Waals surface area contributed by atoms with Gasteiger partial charge in [-0.25, -0.2) is 0 Å².